The molecular formula is C17H19N3O4. The highest BCUT2D eigenvalue weighted by Crippen LogP contribution is 2.20. The topological polar surface area (TPSA) is 103 Å². The first kappa shape index (κ1) is 17.1. The van der Waals surface area contributed by atoms with E-state index in [-0.39, 0.29) is 17.4 Å². The molecule has 0 spiro atoms. The van der Waals surface area contributed by atoms with Crippen molar-refractivity contribution in [1.29, 1.82) is 0 Å². The minimum Gasteiger partial charge on any atom is -0.508 e. The molecule has 126 valence electrons. The molecule has 4 N–H and O–H groups in total. The van der Waals surface area contributed by atoms with Crippen LogP contribution in [-0.2, 0) is 4.79 Å². The van der Waals surface area contributed by atoms with Gasteiger partial charge in [-0.15, -0.1) is 0 Å². The molecule has 7 nitrogen and oxygen atoms in total. The van der Waals surface area contributed by atoms with E-state index in [9.17, 15) is 15.0 Å². The van der Waals surface area contributed by atoms with Gasteiger partial charge >= 0.3 is 0 Å². The highest BCUT2D eigenvalue weighted by atomic mass is 16.5. The zero-order valence-electron chi connectivity index (χ0n) is 13.4. The molecule has 24 heavy (non-hydrogen) atoms. The largest absolute Gasteiger partial charge is 0.508 e. The maximum Gasteiger partial charge on any atom is 0.262 e. The van der Waals surface area contributed by atoms with Gasteiger partial charge in [0.1, 0.15) is 23.3 Å². The molecule has 0 aliphatic carbocycles. The number of rotatable bonds is 6. The van der Waals surface area contributed by atoms with Crippen molar-refractivity contribution in [3.05, 3.63) is 48.0 Å². The Balaban J connectivity index is 1.89. The molecule has 0 aliphatic heterocycles. The van der Waals surface area contributed by atoms with Crippen molar-refractivity contribution >= 4 is 17.8 Å². The van der Waals surface area contributed by atoms with E-state index >= 15 is 0 Å². The van der Waals surface area contributed by atoms with Gasteiger partial charge in [-0.25, -0.2) is 5.43 Å². The van der Waals surface area contributed by atoms with Gasteiger partial charge in [0.2, 0.25) is 0 Å². The van der Waals surface area contributed by atoms with E-state index < -0.39 is 6.04 Å². The average Bonchev–Trinajstić information content (AvgIpc) is 2.57. The summed E-state index contributed by atoms with van der Waals surface area (Å²) in [6.07, 6.45) is 1.30. The number of anilines is 1. The molecule has 2 rings (SSSR count). The Hall–Kier alpha value is -3.22. The molecule has 1 amide bonds. The Morgan fingerprint density at radius 3 is 2.54 bits per heavy atom. The summed E-state index contributed by atoms with van der Waals surface area (Å²) < 4.78 is 5.07. The van der Waals surface area contributed by atoms with Crippen LogP contribution in [0.1, 0.15) is 12.5 Å². The van der Waals surface area contributed by atoms with Crippen LogP contribution in [0.2, 0.25) is 0 Å². The average molecular weight is 329 g/mol. The van der Waals surface area contributed by atoms with Crippen LogP contribution in [0.15, 0.2) is 47.6 Å². The molecule has 0 aromatic heterocycles. The maximum absolute atomic E-state index is 12.0. The quantitative estimate of drug-likeness (QED) is 0.480. The van der Waals surface area contributed by atoms with Crippen molar-refractivity contribution in [2.75, 3.05) is 12.4 Å². The first-order chi connectivity index (χ1) is 11.5. The summed E-state index contributed by atoms with van der Waals surface area (Å²) >= 11 is 0. The van der Waals surface area contributed by atoms with Gasteiger partial charge in [-0.1, -0.05) is 0 Å². The fourth-order valence-electron chi connectivity index (χ4n) is 1.91. The normalized spacial score (nSPS) is 11.9. The minimum absolute atomic E-state index is 0.0500. The van der Waals surface area contributed by atoms with Gasteiger partial charge in [0.05, 0.1) is 13.3 Å². The summed E-state index contributed by atoms with van der Waals surface area (Å²) in [5, 5.41) is 25.7. The molecule has 2 aromatic rings. The predicted molar refractivity (Wildman–Crippen MR) is 91.6 cm³/mol. The van der Waals surface area contributed by atoms with Crippen LogP contribution in [0.4, 0.5) is 5.69 Å². The van der Waals surface area contributed by atoms with Gasteiger partial charge in [-0.2, -0.15) is 5.10 Å². The van der Waals surface area contributed by atoms with Gasteiger partial charge < -0.3 is 20.3 Å². The lowest BCUT2D eigenvalue weighted by Crippen LogP contribution is -2.34. The number of nitrogens with one attached hydrogen (secondary N) is 2. The Morgan fingerprint density at radius 1 is 1.21 bits per heavy atom. The molecule has 7 heteroatoms. The van der Waals surface area contributed by atoms with Crippen LogP contribution >= 0.6 is 0 Å². The number of benzene rings is 2. The monoisotopic (exact) mass is 329 g/mol. The Morgan fingerprint density at radius 2 is 1.92 bits per heavy atom. The zero-order valence-corrected chi connectivity index (χ0v) is 13.4. The first-order valence-corrected chi connectivity index (χ1v) is 7.25. The molecule has 0 unspecified atom stereocenters. The van der Waals surface area contributed by atoms with E-state index in [4.69, 9.17) is 4.74 Å². The third-order valence-corrected chi connectivity index (χ3v) is 3.26. The second-order valence-corrected chi connectivity index (χ2v) is 5.07. The number of aromatic hydroxyl groups is 2. The van der Waals surface area contributed by atoms with Crippen LogP contribution < -0.4 is 15.5 Å². The highest BCUT2D eigenvalue weighted by Gasteiger charge is 2.11. The summed E-state index contributed by atoms with van der Waals surface area (Å²) in [6, 6.07) is 10.8. The number of nitrogens with zero attached hydrogens (tertiary/aromatic N) is 1. The second-order valence-electron chi connectivity index (χ2n) is 5.07. The molecule has 0 saturated heterocycles. The predicted octanol–water partition coefficient (Wildman–Crippen LogP) is 2.06. The first-order valence-electron chi connectivity index (χ1n) is 7.25. The molecule has 0 radical (unpaired) electrons. The van der Waals surface area contributed by atoms with Crippen LogP contribution in [-0.4, -0.2) is 35.5 Å². The minimum atomic E-state index is -0.510. The Labute approximate surface area is 139 Å². The molecule has 0 heterocycles. The lowest BCUT2D eigenvalue weighted by atomic mass is 10.2. The van der Waals surface area contributed by atoms with Crippen molar-refractivity contribution in [3.63, 3.8) is 0 Å². The van der Waals surface area contributed by atoms with E-state index in [0.717, 1.165) is 11.4 Å². The molecule has 2 aromatic carbocycles. The Kier molecular flexibility index (Phi) is 5.62. The van der Waals surface area contributed by atoms with Crippen LogP contribution in [0.25, 0.3) is 0 Å². The SMILES string of the molecule is COc1ccc(N[C@@H](C)C(=O)N/N=C\c2ccc(O)cc2O)cc1. The number of phenolic OH excluding ortho intramolecular Hbond substituents is 2. The number of methoxy groups -OCH3 is 1. The number of carbonyl (C=O) groups is 1. The van der Waals surface area contributed by atoms with E-state index in [1.807, 2.05) is 0 Å². The molecule has 1 atom stereocenters. The smallest absolute Gasteiger partial charge is 0.262 e. The van der Waals surface area contributed by atoms with E-state index in [1.165, 1.54) is 24.4 Å². The van der Waals surface area contributed by atoms with Gasteiger partial charge in [0.25, 0.3) is 5.91 Å². The maximum atomic E-state index is 12.0. The van der Waals surface area contributed by atoms with Crippen LogP contribution in [0.5, 0.6) is 17.2 Å². The molecule has 0 aliphatic rings. The summed E-state index contributed by atoms with van der Waals surface area (Å²) in [4.78, 5) is 12.0. The number of ether oxygens (including phenoxy) is 1. The number of phenols is 2. The standard InChI is InChI=1S/C17H19N3O4/c1-11(19-13-4-7-15(24-2)8-5-13)17(23)20-18-10-12-3-6-14(21)9-16(12)22/h3-11,19,21-22H,1-2H3,(H,20,23)/b18-10-/t11-/m0/s1. The van der Waals surface area contributed by atoms with Gasteiger partial charge in [-0.05, 0) is 43.3 Å². The fraction of sp³-hybridized carbons (Fsp3) is 0.176. The van der Waals surface area contributed by atoms with Crippen molar-refractivity contribution < 1.29 is 19.7 Å². The highest BCUT2D eigenvalue weighted by molar-refractivity contribution is 5.87. The third kappa shape index (κ3) is 4.64. The molecule has 0 fully saturated rings. The van der Waals surface area contributed by atoms with Crippen molar-refractivity contribution in [1.82, 2.24) is 5.43 Å². The number of hydrogen-bond donors (Lipinski definition) is 4. The zero-order chi connectivity index (χ0) is 17.5. The Bertz CT molecular complexity index is 729. The van der Waals surface area contributed by atoms with E-state index in [1.54, 1.807) is 38.3 Å². The number of carbonyl (C=O) groups excluding carboxylic acids is 1. The van der Waals surface area contributed by atoms with Crippen LogP contribution in [0, 0.1) is 0 Å². The van der Waals surface area contributed by atoms with E-state index in [0.29, 0.717) is 5.56 Å². The molecular weight excluding hydrogens is 310 g/mol. The lowest BCUT2D eigenvalue weighted by Gasteiger charge is -2.13. The third-order valence-electron chi connectivity index (χ3n) is 3.26. The summed E-state index contributed by atoms with van der Waals surface area (Å²) in [7, 11) is 1.59. The molecule has 0 saturated carbocycles. The summed E-state index contributed by atoms with van der Waals surface area (Å²) in [5.74, 6) is 0.222. The van der Waals surface area contributed by atoms with Gasteiger partial charge in [0.15, 0.2) is 0 Å². The van der Waals surface area contributed by atoms with Crippen molar-refractivity contribution in [3.8, 4) is 17.2 Å². The van der Waals surface area contributed by atoms with Crippen LogP contribution in [0.3, 0.4) is 0 Å². The summed E-state index contributed by atoms with van der Waals surface area (Å²) in [5.41, 5.74) is 3.54. The fourth-order valence-corrected chi connectivity index (χ4v) is 1.91. The van der Waals surface area contributed by atoms with Crippen molar-refractivity contribution in [2.45, 2.75) is 13.0 Å². The van der Waals surface area contributed by atoms with E-state index in [2.05, 4.69) is 15.8 Å². The molecule has 0 bridgehead atoms. The second kappa shape index (κ2) is 7.87. The number of hydrogen-bond acceptors (Lipinski definition) is 6. The lowest BCUT2D eigenvalue weighted by molar-refractivity contribution is -0.121. The number of hydrazone groups is 1. The summed E-state index contributed by atoms with van der Waals surface area (Å²) in [6.45, 7) is 1.70. The van der Waals surface area contributed by atoms with Gasteiger partial charge in [0, 0.05) is 17.3 Å². The number of amides is 1. The van der Waals surface area contributed by atoms with Crippen molar-refractivity contribution in [2.24, 2.45) is 5.10 Å². The van der Waals surface area contributed by atoms with Gasteiger partial charge in [-0.3, -0.25) is 4.79 Å².